The van der Waals surface area contributed by atoms with Crippen LogP contribution in [0.4, 0.5) is 14.5 Å². The number of benzene rings is 2. The number of fused-ring (bicyclic) bond motifs is 3. The predicted octanol–water partition coefficient (Wildman–Crippen LogP) is 3.95. The van der Waals surface area contributed by atoms with Gasteiger partial charge >= 0.3 is 0 Å². The van der Waals surface area contributed by atoms with Crippen LogP contribution in [-0.2, 0) is 15.0 Å². The van der Waals surface area contributed by atoms with E-state index in [0.29, 0.717) is 22.2 Å². The number of anilines is 1. The molecule has 1 aromatic heterocycles. The molecule has 1 fully saturated rings. The second-order valence-electron chi connectivity index (χ2n) is 10.2. The highest BCUT2D eigenvalue weighted by molar-refractivity contribution is 6.07. The molecule has 196 valence electrons. The topological polar surface area (TPSA) is 109 Å². The Bertz CT molecular complexity index is 1620. The quantitative estimate of drug-likeness (QED) is 0.529. The third kappa shape index (κ3) is 3.99. The highest BCUT2D eigenvalue weighted by Crippen LogP contribution is 2.46. The second kappa shape index (κ2) is 9.24. The molecule has 2 aliphatic rings. The number of aromatic amines is 1. The number of amides is 3. The fourth-order valence-corrected chi connectivity index (χ4v) is 5.49. The lowest BCUT2D eigenvalue weighted by molar-refractivity contribution is -0.136. The van der Waals surface area contributed by atoms with Crippen LogP contribution >= 0.6 is 0 Å². The zero-order chi connectivity index (χ0) is 29.9. The number of likely N-dealkylation sites (tertiary alicyclic amines) is 1. The van der Waals surface area contributed by atoms with Crippen molar-refractivity contribution in [2.75, 3.05) is 18.8 Å². The molecule has 2 aromatic carbocycles. The zero-order valence-electron chi connectivity index (χ0n) is 23.7. The van der Waals surface area contributed by atoms with Crippen LogP contribution in [0, 0.1) is 28.9 Å². The van der Waals surface area contributed by atoms with E-state index in [0.717, 1.165) is 12.1 Å². The van der Waals surface area contributed by atoms with Crippen LogP contribution in [0.25, 0.3) is 10.9 Å². The molecule has 3 atom stereocenters. The number of aromatic nitrogens is 1. The van der Waals surface area contributed by atoms with Crippen molar-refractivity contribution in [2.45, 2.75) is 44.2 Å². The van der Waals surface area contributed by atoms with Crippen LogP contribution in [0.1, 0.15) is 46.9 Å². The Kier molecular flexibility index (Phi) is 5.30. The van der Waals surface area contributed by atoms with Gasteiger partial charge in [-0.1, -0.05) is 32.0 Å². The first-order valence-corrected chi connectivity index (χ1v) is 12.2. The molecule has 1 saturated heterocycles. The first-order valence-electron chi connectivity index (χ1n) is 13.7. The molecular formula is C28H27F2N5O3. The van der Waals surface area contributed by atoms with Crippen LogP contribution in [0.3, 0.4) is 0 Å². The largest absolute Gasteiger partial charge is 0.350 e. The molecule has 3 amide bonds. The van der Waals surface area contributed by atoms with Crippen LogP contribution in [0.15, 0.2) is 42.5 Å². The van der Waals surface area contributed by atoms with Gasteiger partial charge in [0, 0.05) is 41.2 Å². The van der Waals surface area contributed by atoms with Crippen molar-refractivity contribution in [1.29, 1.82) is 5.26 Å². The van der Waals surface area contributed by atoms with E-state index in [2.05, 4.69) is 16.4 Å². The summed E-state index contributed by atoms with van der Waals surface area (Å²) in [6.45, 7) is 0.195. The Balaban J connectivity index is 1.55. The SMILES string of the molecule is [2H]C([2H])([2H])N(C(=O)c1cc2c(F)cc(F)cc2[nH]1)[C@@H](CC(C)C)C(=O)N1C[C@]2(C[C@H]1C#N)C(=O)Nc1ccccc12. The monoisotopic (exact) mass is 522 g/mol. The Morgan fingerprint density at radius 2 is 2.05 bits per heavy atom. The average molecular weight is 523 g/mol. The molecule has 2 aliphatic heterocycles. The molecule has 0 bridgehead atoms. The lowest BCUT2D eigenvalue weighted by Crippen LogP contribution is -2.52. The maximum absolute atomic E-state index is 14.4. The molecule has 3 heterocycles. The van der Waals surface area contributed by atoms with Crippen LogP contribution in [-0.4, -0.2) is 58.1 Å². The first-order chi connectivity index (χ1) is 19.3. The number of rotatable bonds is 5. The summed E-state index contributed by atoms with van der Waals surface area (Å²) in [5, 5.41) is 12.7. The minimum Gasteiger partial charge on any atom is -0.350 e. The number of carbonyl (C=O) groups is 3. The number of hydrogen-bond donors (Lipinski definition) is 2. The molecule has 5 rings (SSSR count). The Morgan fingerprint density at radius 3 is 2.76 bits per heavy atom. The van der Waals surface area contributed by atoms with Crippen molar-refractivity contribution in [2.24, 2.45) is 5.92 Å². The van der Waals surface area contributed by atoms with E-state index in [1.165, 1.54) is 4.90 Å². The second-order valence-corrected chi connectivity index (χ2v) is 10.2. The predicted molar refractivity (Wildman–Crippen MR) is 136 cm³/mol. The molecule has 38 heavy (non-hydrogen) atoms. The smallest absolute Gasteiger partial charge is 0.270 e. The third-order valence-corrected chi connectivity index (χ3v) is 7.31. The summed E-state index contributed by atoms with van der Waals surface area (Å²) in [6, 6.07) is 9.11. The molecule has 0 saturated carbocycles. The van der Waals surface area contributed by atoms with Gasteiger partial charge in [0.1, 0.15) is 29.4 Å². The van der Waals surface area contributed by atoms with E-state index >= 15 is 0 Å². The van der Waals surface area contributed by atoms with Gasteiger partial charge in [-0.05, 0) is 36.1 Å². The summed E-state index contributed by atoms with van der Waals surface area (Å²) < 4.78 is 52.7. The third-order valence-electron chi connectivity index (χ3n) is 7.31. The lowest BCUT2D eigenvalue weighted by atomic mass is 9.80. The van der Waals surface area contributed by atoms with E-state index in [1.807, 2.05) is 0 Å². The van der Waals surface area contributed by atoms with E-state index in [4.69, 9.17) is 4.11 Å². The number of nitriles is 1. The number of H-pyrrole nitrogens is 1. The van der Waals surface area contributed by atoms with Crippen molar-refractivity contribution in [1.82, 2.24) is 14.8 Å². The minimum atomic E-state index is -3.12. The van der Waals surface area contributed by atoms with Gasteiger partial charge in [-0.2, -0.15) is 5.26 Å². The van der Waals surface area contributed by atoms with Gasteiger partial charge in [-0.3, -0.25) is 14.4 Å². The Labute approximate surface area is 222 Å². The van der Waals surface area contributed by atoms with Crippen LogP contribution in [0.2, 0.25) is 0 Å². The van der Waals surface area contributed by atoms with Crippen molar-refractivity contribution in [3.63, 3.8) is 0 Å². The van der Waals surface area contributed by atoms with Crippen molar-refractivity contribution >= 4 is 34.3 Å². The van der Waals surface area contributed by atoms with Crippen molar-refractivity contribution in [3.05, 3.63) is 65.4 Å². The maximum Gasteiger partial charge on any atom is 0.270 e. The molecule has 0 aliphatic carbocycles. The molecule has 0 unspecified atom stereocenters. The maximum atomic E-state index is 14.4. The summed E-state index contributed by atoms with van der Waals surface area (Å²) in [4.78, 5) is 45.3. The lowest BCUT2D eigenvalue weighted by Gasteiger charge is -2.33. The zero-order valence-corrected chi connectivity index (χ0v) is 20.7. The van der Waals surface area contributed by atoms with Gasteiger partial charge in [0.25, 0.3) is 5.91 Å². The number of nitrogens with one attached hydrogen (secondary N) is 2. The number of likely N-dealkylation sites (N-methyl/N-ethyl adjacent to an activating group) is 1. The molecule has 8 nitrogen and oxygen atoms in total. The minimum absolute atomic E-state index is 0.00105. The summed E-state index contributed by atoms with van der Waals surface area (Å²) in [5.74, 6) is -4.38. The van der Waals surface area contributed by atoms with Gasteiger partial charge in [-0.15, -0.1) is 0 Å². The van der Waals surface area contributed by atoms with Crippen molar-refractivity contribution < 1.29 is 27.3 Å². The highest BCUT2D eigenvalue weighted by Gasteiger charge is 2.56. The fourth-order valence-electron chi connectivity index (χ4n) is 5.49. The number of para-hydroxylation sites is 1. The van der Waals surface area contributed by atoms with Crippen LogP contribution < -0.4 is 5.32 Å². The van der Waals surface area contributed by atoms with Crippen LogP contribution in [0.5, 0.6) is 0 Å². The molecular weight excluding hydrogens is 492 g/mol. The molecule has 3 aromatic rings. The number of carbonyl (C=O) groups excluding carboxylic acids is 3. The van der Waals surface area contributed by atoms with E-state index in [9.17, 15) is 28.4 Å². The van der Waals surface area contributed by atoms with Crippen molar-refractivity contribution in [3.8, 4) is 6.07 Å². The Hall–Kier alpha value is -4.26. The summed E-state index contributed by atoms with van der Waals surface area (Å²) in [5.41, 5.74) is -0.398. The van der Waals surface area contributed by atoms with Gasteiger partial charge in [0.05, 0.1) is 17.0 Å². The summed E-state index contributed by atoms with van der Waals surface area (Å²) in [7, 11) is 0. The Morgan fingerprint density at radius 1 is 1.29 bits per heavy atom. The number of hydrogen-bond acceptors (Lipinski definition) is 4. The summed E-state index contributed by atoms with van der Waals surface area (Å²) in [6.07, 6.45) is -0.0718. The molecule has 2 N–H and O–H groups in total. The molecule has 0 radical (unpaired) electrons. The van der Waals surface area contributed by atoms with E-state index < -0.39 is 47.9 Å². The standard InChI is InChI=1S/C28H27F2N5O3/c1-15(2)8-24(34(3)25(36)23-11-18-20(30)9-16(29)10-22(18)32-23)26(37)35-14-28(12-17(35)13-31)19-6-4-5-7-21(19)33-27(28)38/h4-7,9-11,15,17,24,32H,8,12,14H2,1-3H3,(H,33,38)/t17-,24-,28-/m0/s1/i3D3. The van der Waals surface area contributed by atoms with Gasteiger partial charge in [-0.25, -0.2) is 8.78 Å². The van der Waals surface area contributed by atoms with E-state index in [-0.39, 0.29) is 47.8 Å². The van der Waals surface area contributed by atoms with Gasteiger partial charge < -0.3 is 20.1 Å². The molecule has 1 spiro atoms. The number of nitrogens with zero attached hydrogens (tertiary/aromatic N) is 3. The van der Waals surface area contributed by atoms with Gasteiger partial charge in [0.2, 0.25) is 11.8 Å². The summed E-state index contributed by atoms with van der Waals surface area (Å²) >= 11 is 0. The molecule has 10 heteroatoms. The average Bonchev–Trinajstić information content (AvgIpc) is 3.57. The normalized spacial score (nSPS) is 22.5. The fraction of sp³-hybridized carbons (Fsp3) is 0.357. The highest BCUT2D eigenvalue weighted by atomic mass is 19.1. The first kappa shape index (κ1) is 21.8. The van der Waals surface area contributed by atoms with E-state index in [1.54, 1.807) is 38.1 Å². The van der Waals surface area contributed by atoms with Gasteiger partial charge in [0.15, 0.2) is 0 Å². The number of halogens is 2.